The van der Waals surface area contributed by atoms with E-state index >= 15 is 0 Å². The molecule has 3 N–H and O–H groups in total. The molecule has 1 amide bonds. The van der Waals surface area contributed by atoms with E-state index < -0.39 is 0 Å². The highest BCUT2D eigenvalue weighted by Crippen LogP contribution is 2.24. The fraction of sp³-hybridized carbons (Fsp3) is 0.250. The number of carbonyl (C=O) groups excluding carboxylic acids is 1. The van der Waals surface area contributed by atoms with E-state index in [9.17, 15) is 9.59 Å². The number of hydrogen-bond acceptors (Lipinski definition) is 5. The number of nitrogens with one attached hydrogen (secondary N) is 3. The minimum Gasteiger partial charge on any atom is -0.340 e. The third-order valence-electron chi connectivity index (χ3n) is 5.41. The molecule has 3 heterocycles. The molecular weight excluding hydrogens is 404 g/mol. The van der Waals surface area contributed by atoms with Gasteiger partial charge in [0.05, 0.1) is 23.7 Å². The minimum absolute atomic E-state index is 0.122. The van der Waals surface area contributed by atoms with E-state index in [4.69, 9.17) is 0 Å². The van der Waals surface area contributed by atoms with E-state index in [0.717, 1.165) is 16.9 Å². The second-order valence-electron chi connectivity index (χ2n) is 8.15. The van der Waals surface area contributed by atoms with Crippen LogP contribution in [0.2, 0.25) is 0 Å². The van der Waals surface area contributed by atoms with Crippen LogP contribution in [0.25, 0.3) is 11.0 Å². The number of amides is 1. The lowest BCUT2D eigenvalue weighted by atomic mass is 10.1. The molecule has 0 aliphatic heterocycles. The Kier molecular flexibility index (Phi) is 5.77. The number of anilines is 2. The number of para-hydroxylation sites is 1. The molecule has 0 unspecified atom stereocenters. The molecule has 3 aromatic heterocycles. The quantitative estimate of drug-likeness (QED) is 0.428. The Balaban J connectivity index is 1.73. The van der Waals surface area contributed by atoms with Crippen molar-refractivity contribution >= 4 is 28.4 Å². The van der Waals surface area contributed by atoms with Crippen molar-refractivity contribution in [1.82, 2.24) is 25.1 Å². The Bertz CT molecular complexity index is 1320. The number of carbonyl (C=O) groups is 1. The predicted molar refractivity (Wildman–Crippen MR) is 125 cm³/mol. The number of aryl methyl sites for hydroxylation is 2. The number of aromatic nitrogens is 4. The molecule has 4 rings (SSSR count). The Morgan fingerprint density at radius 2 is 1.91 bits per heavy atom. The van der Waals surface area contributed by atoms with E-state index in [0.29, 0.717) is 28.0 Å². The smallest absolute Gasteiger partial charge is 0.255 e. The normalized spacial score (nSPS) is 11.2. The first-order valence-electron chi connectivity index (χ1n) is 10.5. The first-order chi connectivity index (χ1) is 15.3. The lowest BCUT2D eigenvalue weighted by Gasteiger charge is -2.27. The number of pyridine rings is 2. The number of H-pyrrole nitrogens is 2. The molecule has 0 radical (unpaired) electrons. The van der Waals surface area contributed by atoms with Crippen LogP contribution in [0, 0.1) is 13.8 Å². The average molecular weight is 431 g/mol. The summed E-state index contributed by atoms with van der Waals surface area (Å²) in [5, 5.41) is 10.8. The largest absolute Gasteiger partial charge is 0.340 e. The summed E-state index contributed by atoms with van der Waals surface area (Å²) in [6, 6.07) is 13.2. The maximum Gasteiger partial charge on any atom is 0.255 e. The zero-order valence-electron chi connectivity index (χ0n) is 18.6. The third kappa shape index (κ3) is 4.25. The molecule has 32 heavy (non-hydrogen) atoms. The van der Waals surface area contributed by atoms with Crippen LogP contribution in [-0.2, 0) is 6.54 Å². The van der Waals surface area contributed by atoms with Crippen LogP contribution < -0.4 is 10.9 Å². The molecule has 8 nitrogen and oxygen atoms in total. The van der Waals surface area contributed by atoms with Crippen LogP contribution >= 0.6 is 0 Å². The van der Waals surface area contributed by atoms with Crippen molar-refractivity contribution < 1.29 is 4.79 Å². The van der Waals surface area contributed by atoms with Gasteiger partial charge in [0.2, 0.25) is 0 Å². The molecule has 0 fully saturated rings. The Hall–Kier alpha value is -3.94. The second-order valence-corrected chi connectivity index (χ2v) is 8.15. The van der Waals surface area contributed by atoms with Gasteiger partial charge >= 0.3 is 0 Å². The molecular formula is C24H26N6O2. The topological polar surface area (TPSA) is 107 Å². The predicted octanol–water partition coefficient (Wildman–Crippen LogP) is 4.06. The van der Waals surface area contributed by atoms with Crippen LogP contribution in [0.3, 0.4) is 0 Å². The minimum atomic E-state index is -0.190. The second kappa shape index (κ2) is 8.66. The number of rotatable bonds is 6. The highest BCUT2D eigenvalue weighted by atomic mass is 16.2. The summed E-state index contributed by atoms with van der Waals surface area (Å²) in [5.74, 6) is 0.341. The van der Waals surface area contributed by atoms with Crippen molar-refractivity contribution in [2.45, 2.75) is 40.3 Å². The van der Waals surface area contributed by atoms with Gasteiger partial charge in [0, 0.05) is 23.0 Å². The van der Waals surface area contributed by atoms with E-state index in [1.807, 2.05) is 64.1 Å². The molecule has 164 valence electrons. The molecule has 8 heteroatoms. The van der Waals surface area contributed by atoms with Crippen LogP contribution in [0.1, 0.15) is 41.0 Å². The molecule has 0 atom stereocenters. The van der Waals surface area contributed by atoms with Crippen molar-refractivity contribution in [3.05, 3.63) is 81.4 Å². The van der Waals surface area contributed by atoms with Gasteiger partial charge in [0.1, 0.15) is 5.82 Å². The van der Waals surface area contributed by atoms with Crippen molar-refractivity contribution in [2.24, 2.45) is 0 Å². The fourth-order valence-corrected chi connectivity index (χ4v) is 3.73. The monoisotopic (exact) mass is 430 g/mol. The van der Waals surface area contributed by atoms with Gasteiger partial charge in [-0.05, 0) is 57.5 Å². The summed E-state index contributed by atoms with van der Waals surface area (Å²) in [6.45, 7) is 7.82. The van der Waals surface area contributed by atoms with E-state index in [2.05, 4.69) is 25.5 Å². The Morgan fingerprint density at radius 3 is 2.59 bits per heavy atom. The number of benzene rings is 1. The van der Waals surface area contributed by atoms with Gasteiger partial charge in [0.15, 0.2) is 5.65 Å². The van der Waals surface area contributed by atoms with Gasteiger partial charge in [-0.2, -0.15) is 5.10 Å². The standard InChI is InChI=1S/C24H26N6O2/c1-14(2)30(13-20-15(3)10-16(4)26-23(20)31)24(32)18-11-21(27-17-8-6-5-7-9-17)28-22-19(18)12-25-29-22/h5-12,14H,13H2,1-4H3,(H,26,31)(H2,25,27,28,29). The summed E-state index contributed by atoms with van der Waals surface area (Å²) in [6.07, 6.45) is 1.60. The van der Waals surface area contributed by atoms with Crippen LogP contribution in [-0.4, -0.2) is 37.0 Å². The first-order valence-corrected chi connectivity index (χ1v) is 10.5. The highest BCUT2D eigenvalue weighted by Gasteiger charge is 2.24. The maximum absolute atomic E-state index is 13.7. The van der Waals surface area contributed by atoms with Gasteiger partial charge in [-0.1, -0.05) is 18.2 Å². The van der Waals surface area contributed by atoms with Gasteiger partial charge in [-0.3, -0.25) is 14.7 Å². The average Bonchev–Trinajstić information content (AvgIpc) is 3.21. The molecule has 0 saturated heterocycles. The van der Waals surface area contributed by atoms with Crippen LogP contribution in [0.4, 0.5) is 11.5 Å². The summed E-state index contributed by atoms with van der Waals surface area (Å²) in [5.41, 5.74) is 3.91. The molecule has 0 aliphatic rings. The Morgan fingerprint density at radius 1 is 1.16 bits per heavy atom. The molecule has 4 aromatic rings. The fourth-order valence-electron chi connectivity index (χ4n) is 3.73. The number of nitrogens with zero attached hydrogens (tertiary/aromatic N) is 3. The molecule has 0 bridgehead atoms. The lowest BCUT2D eigenvalue weighted by molar-refractivity contribution is 0.0691. The van der Waals surface area contributed by atoms with Crippen molar-refractivity contribution in [3.8, 4) is 0 Å². The summed E-state index contributed by atoms with van der Waals surface area (Å²) in [7, 11) is 0. The first kappa shape index (κ1) is 21.3. The number of hydrogen-bond donors (Lipinski definition) is 3. The van der Waals surface area contributed by atoms with Crippen LogP contribution in [0.5, 0.6) is 0 Å². The number of aromatic amines is 2. The SMILES string of the molecule is Cc1cc(C)c(CN(C(=O)c2cc(Nc3ccccc3)nc3[nH]ncc23)C(C)C)c(=O)[nH]1. The van der Waals surface area contributed by atoms with Gasteiger partial charge in [-0.25, -0.2) is 4.98 Å². The molecule has 0 spiro atoms. The number of fused-ring (bicyclic) bond motifs is 1. The zero-order chi connectivity index (χ0) is 22.8. The van der Waals surface area contributed by atoms with E-state index in [1.165, 1.54) is 0 Å². The van der Waals surface area contributed by atoms with Gasteiger partial charge in [0.25, 0.3) is 11.5 Å². The van der Waals surface area contributed by atoms with E-state index in [-0.39, 0.29) is 24.1 Å². The summed E-state index contributed by atoms with van der Waals surface area (Å²) in [4.78, 5) is 35.4. The van der Waals surface area contributed by atoms with Gasteiger partial charge in [-0.15, -0.1) is 0 Å². The van der Waals surface area contributed by atoms with Crippen molar-refractivity contribution in [1.29, 1.82) is 0 Å². The maximum atomic E-state index is 13.7. The highest BCUT2D eigenvalue weighted by molar-refractivity contribution is 6.06. The van der Waals surface area contributed by atoms with Crippen molar-refractivity contribution in [2.75, 3.05) is 5.32 Å². The van der Waals surface area contributed by atoms with Gasteiger partial charge < -0.3 is 15.2 Å². The van der Waals surface area contributed by atoms with E-state index in [1.54, 1.807) is 17.2 Å². The molecule has 1 aromatic carbocycles. The summed E-state index contributed by atoms with van der Waals surface area (Å²) >= 11 is 0. The lowest BCUT2D eigenvalue weighted by Crippen LogP contribution is -2.38. The zero-order valence-corrected chi connectivity index (χ0v) is 18.6. The molecule has 0 saturated carbocycles. The van der Waals surface area contributed by atoms with Crippen LogP contribution in [0.15, 0.2) is 53.5 Å². The Labute approximate surface area is 185 Å². The third-order valence-corrected chi connectivity index (χ3v) is 5.41. The van der Waals surface area contributed by atoms with Crippen molar-refractivity contribution in [3.63, 3.8) is 0 Å². The molecule has 0 aliphatic carbocycles. The summed E-state index contributed by atoms with van der Waals surface area (Å²) < 4.78 is 0.